The number of hydrogen-bond acceptors (Lipinski definition) is 4. The fourth-order valence-electron chi connectivity index (χ4n) is 1.64. The molecule has 0 amide bonds. The highest BCUT2D eigenvalue weighted by molar-refractivity contribution is 7.91. The predicted octanol–water partition coefficient (Wildman–Crippen LogP) is 1.90. The topological polar surface area (TPSA) is 80.7 Å². The molecule has 0 aliphatic rings. The Labute approximate surface area is 113 Å². The van der Waals surface area contributed by atoms with E-state index in [-0.39, 0.29) is 23.7 Å². The van der Waals surface area contributed by atoms with Gasteiger partial charge in [0.25, 0.3) is 0 Å². The number of ether oxygens (including phenoxy) is 1. The van der Waals surface area contributed by atoms with Gasteiger partial charge < -0.3 is 9.84 Å². The van der Waals surface area contributed by atoms with Gasteiger partial charge in [0.1, 0.15) is 12.4 Å². The zero-order valence-electron chi connectivity index (χ0n) is 11.0. The van der Waals surface area contributed by atoms with Gasteiger partial charge in [0.15, 0.2) is 9.84 Å². The molecule has 0 radical (unpaired) electrons. The quantitative estimate of drug-likeness (QED) is 0.828. The van der Waals surface area contributed by atoms with E-state index in [1.165, 1.54) is 12.1 Å². The Morgan fingerprint density at radius 3 is 2.53 bits per heavy atom. The summed E-state index contributed by atoms with van der Waals surface area (Å²) in [5.74, 6) is -0.356. The molecule has 0 unspecified atom stereocenters. The summed E-state index contributed by atoms with van der Waals surface area (Å²) in [6.45, 7) is 3.62. The second kappa shape index (κ2) is 6.56. The third kappa shape index (κ3) is 4.90. The van der Waals surface area contributed by atoms with Crippen LogP contribution in [0.2, 0.25) is 0 Å². The van der Waals surface area contributed by atoms with Crippen LogP contribution in [0, 0.1) is 6.92 Å². The van der Waals surface area contributed by atoms with Crippen LogP contribution < -0.4 is 4.74 Å². The molecular weight excluding hydrogens is 268 g/mol. The number of carboxylic acid groups (broad SMARTS) is 1. The molecule has 1 aromatic carbocycles. The van der Waals surface area contributed by atoms with E-state index in [0.29, 0.717) is 17.7 Å². The molecule has 0 atom stereocenters. The van der Waals surface area contributed by atoms with Crippen molar-refractivity contribution in [3.63, 3.8) is 0 Å². The normalized spacial score (nSPS) is 11.3. The van der Waals surface area contributed by atoms with Crippen molar-refractivity contribution < 1.29 is 23.1 Å². The summed E-state index contributed by atoms with van der Waals surface area (Å²) in [6.07, 6.45) is 0.592. The average Bonchev–Trinajstić information content (AvgIpc) is 2.30. The lowest BCUT2D eigenvalue weighted by molar-refractivity contribution is 0.0696. The Bertz CT molecular complexity index is 548. The molecule has 0 saturated carbocycles. The Kier molecular flexibility index (Phi) is 5.35. The second-order valence-corrected chi connectivity index (χ2v) is 6.59. The molecule has 19 heavy (non-hydrogen) atoms. The zero-order chi connectivity index (χ0) is 14.5. The Morgan fingerprint density at radius 1 is 1.32 bits per heavy atom. The molecule has 0 fully saturated rings. The van der Waals surface area contributed by atoms with Gasteiger partial charge in [-0.1, -0.05) is 6.92 Å². The Morgan fingerprint density at radius 2 is 2.00 bits per heavy atom. The fraction of sp³-hybridized carbons (Fsp3) is 0.462. The van der Waals surface area contributed by atoms with E-state index in [0.717, 1.165) is 0 Å². The summed E-state index contributed by atoms with van der Waals surface area (Å²) in [5, 5.41) is 8.82. The van der Waals surface area contributed by atoms with Crippen LogP contribution in [0.5, 0.6) is 5.75 Å². The number of rotatable bonds is 7. The van der Waals surface area contributed by atoms with E-state index in [4.69, 9.17) is 9.84 Å². The summed E-state index contributed by atoms with van der Waals surface area (Å²) in [7, 11) is -3.06. The van der Waals surface area contributed by atoms with Crippen molar-refractivity contribution >= 4 is 15.8 Å². The van der Waals surface area contributed by atoms with Gasteiger partial charge in [-0.25, -0.2) is 13.2 Å². The molecule has 5 nitrogen and oxygen atoms in total. The van der Waals surface area contributed by atoms with Gasteiger partial charge in [-0.2, -0.15) is 0 Å². The van der Waals surface area contributed by atoms with E-state index >= 15 is 0 Å². The third-order valence-electron chi connectivity index (χ3n) is 2.59. The molecule has 0 bridgehead atoms. The van der Waals surface area contributed by atoms with Crippen LogP contribution in [-0.2, 0) is 9.84 Å². The molecule has 1 rings (SSSR count). The fourth-order valence-corrected chi connectivity index (χ4v) is 2.80. The largest absolute Gasteiger partial charge is 0.492 e. The van der Waals surface area contributed by atoms with Crippen molar-refractivity contribution in [3.05, 3.63) is 29.3 Å². The number of sulfone groups is 1. The molecule has 0 aliphatic heterocycles. The van der Waals surface area contributed by atoms with Crippen molar-refractivity contribution in [2.24, 2.45) is 0 Å². The predicted molar refractivity (Wildman–Crippen MR) is 72.6 cm³/mol. The van der Waals surface area contributed by atoms with Crippen molar-refractivity contribution in [1.82, 2.24) is 0 Å². The summed E-state index contributed by atoms with van der Waals surface area (Å²) in [4.78, 5) is 10.8. The van der Waals surface area contributed by atoms with E-state index in [1.807, 2.05) is 6.92 Å². The number of aryl methyl sites for hydroxylation is 1. The molecule has 106 valence electrons. The van der Waals surface area contributed by atoms with Crippen LogP contribution in [-0.4, -0.2) is 37.6 Å². The standard InChI is InChI=1S/C13H18O5S/c1-3-7-19(16,17)8-6-18-12-5-4-11(13(14)15)9-10(12)2/h4-5,9H,3,6-8H2,1-2H3,(H,14,15). The van der Waals surface area contributed by atoms with Gasteiger partial charge in [-0.15, -0.1) is 0 Å². The SMILES string of the molecule is CCCS(=O)(=O)CCOc1ccc(C(=O)O)cc1C. The van der Waals surface area contributed by atoms with Crippen LogP contribution in [0.1, 0.15) is 29.3 Å². The van der Waals surface area contributed by atoms with Gasteiger partial charge in [0.2, 0.25) is 0 Å². The summed E-state index contributed by atoms with van der Waals surface area (Å²) in [6, 6.07) is 4.48. The lowest BCUT2D eigenvalue weighted by Gasteiger charge is -2.09. The van der Waals surface area contributed by atoms with Crippen LogP contribution in [0.15, 0.2) is 18.2 Å². The first kappa shape index (κ1) is 15.5. The molecule has 0 saturated heterocycles. The molecule has 6 heteroatoms. The Balaban J connectivity index is 2.62. The molecule has 1 N–H and O–H groups in total. The highest BCUT2D eigenvalue weighted by Crippen LogP contribution is 2.19. The van der Waals surface area contributed by atoms with Crippen molar-refractivity contribution in [2.45, 2.75) is 20.3 Å². The first-order chi connectivity index (χ1) is 8.85. The molecule has 0 spiro atoms. The number of benzene rings is 1. The molecule has 1 aromatic rings. The molecule has 0 aromatic heterocycles. The second-order valence-electron chi connectivity index (χ2n) is 4.29. The van der Waals surface area contributed by atoms with Crippen LogP contribution >= 0.6 is 0 Å². The molecule has 0 heterocycles. The average molecular weight is 286 g/mol. The van der Waals surface area contributed by atoms with Gasteiger partial charge >= 0.3 is 5.97 Å². The minimum Gasteiger partial charge on any atom is -0.492 e. The minimum absolute atomic E-state index is 0.0268. The van der Waals surface area contributed by atoms with E-state index in [1.54, 1.807) is 13.0 Å². The van der Waals surface area contributed by atoms with E-state index in [9.17, 15) is 13.2 Å². The number of carbonyl (C=O) groups is 1. The van der Waals surface area contributed by atoms with Crippen molar-refractivity contribution in [2.75, 3.05) is 18.1 Å². The van der Waals surface area contributed by atoms with Crippen LogP contribution in [0.3, 0.4) is 0 Å². The first-order valence-corrected chi connectivity index (χ1v) is 7.85. The first-order valence-electron chi connectivity index (χ1n) is 6.03. The summed E-state index contributed by atoms with van der Waals surface area (Å²) in [5.41, 5.74) is 0.858. The van der Waals surface area contributed by atoms with Gasteiger partial charge in [-0.3, -0.25) is 0 Å². The minimum atomic E-state index is -3.06. The third-order valence-corrected chi connectivity index (χ3v) is 4.41. The lowest BCUT2D eigenvalue weighted by Crippen LogP contribution is -2.17. The van der Waals surface area contributed by atoms with Gasteiger partial charge in [0, 0.05) is 0 Å². The zero-order valence-corrected chi connectivity index (χ0v) is 11.9. The number of aromatic carboxylic acids is 1. The van der Waals surface area contributed by atoms with Crippen molar-refractivity contribution in [1.29, 1.82) is 0 Å². The lowest BCUT2D eigenvalue weighted by atomic mass is 10.1. The molecule has 0 aliphatic carbocycles. The maximum Gasteiger partial charge on any atom is 0.335 e. The van der Waals surface area contributed by atoms with Crippen molar-refractivity contribution in [3.8, 4) is 5.75 Å². The van der Waals surface area contributed by atoms with Crippen LogP contribution in [0.4, 0.5) is 0 Å². The smallest absolute Gasteiger partial charge is 0.335 e. The van der Waals surface area contributed by atoms with Crippen LogP contribution in [0.25, 0.3) is 0 Å². The highest BCUT2D eigenvalue weighted by Gasteiger charge is 2.11. The highest BCUT2D eigenvalue weighted by atomic mass is 32.2. The maximum atomic E-state index is 11.5. The van der Waals surface area contributed by atoms with E-state index in [2.05, 4.69) is 0 Å². The monoisotopic (exact) mass is 286 g/mol. The maximum absolute atomic E-state index is 11.5. The number of carboxylic acids is 1. The Hall–Kier alpha value is -1.56. The summed E-state index contributed by atoms with van der Waals surface area (Å²) >= 11 is 0. The summed E-state index contributed by atoms with van der Waals surface area (Å²) < 4.78 is 28.4. The van der Waals surface area contributed by atoms with Gasteiger partial charge in [-0.05, 0) is 37.1 Å². The van der Waals surface area contributed by atoms with Gasteiger partial charge in [0.05, 0.1) is 17.1 Å². The number of hydrogen-bond donors (Lipinski definition) is 1. The molecular formula is C13H18O5S. The van der Waals surface area contributed by atoms with E-state index < -0.39 is 15.8 Å².